The van der Waals surface area contributed by atoms with Gasteiger partial charge < -0.3 is 15.8 Å². The molecule has 4 nitrogen and oxygen atoms in total. The lowest BCUT2D eigenvalue weighted by molar-refractivity contribution is 0.371. The van der Waals surface area contributed by atoms with Crippen LogP contribution in [0.2, 0.25) is 0 Å². The first-order chi connectivity index (χ1) is 9.05. The van der Waals surface area contributed by atoms with Crippen LogP contribution in [0.1, 0.15) is 26.7 Å². The van der Waals surface area contributed by atoms with Gasteiger partial charge in [0.1, 0.15) is 5.75 Å². The van der Waals surface area contributed by atoms with Gasteiger partial charge in [0.2, 0.25) is 0 Å². The van der Waals surface area contributed by atoms with Crippen LogP contribution in [0.4, 0.5) is 5.69 Å². The molecule has 1 aromatic carbocycles. The first kappa shape index (κ1) is 17.1. The van der Waals surface area contributed by atoms with E-state index in [9.17, 15) is 0 Å². The summed E-state index contributed by atoms with van der Waals surface area (Å²) in [6.45, 7) is 5.34. The third-order valence-electron chi connectivity index (χ3n) is 4.04. The van der Waals surface area contributed by atoms with Gasteiger partial charge in [-0.2, -0.15) is 0 Å². The van der Waals surface area contributed by atoms with Gasteiger partial charge in [-0.3, -0.25) is 4.99 Å². The Balaban J connectivity index is 0.00000200. The zero-order valence-corrected chi connectivity index (χ0v) is 14.7. The minimum Gasteiger partial charge on any atom is -0.497 e. The molecular formula is C15H24IN3O. The molecule has 1 fully saturated rings. The molecule has 0 radical (unpaired) electrons. The third kappa shape index (κ3) is 4.26. The Bertz CT molecular complexity index is 453. The number of nitrogens with zero attached hydrogens (tertiary/aromatic N) is 1. The molecule has 1 aliphatic rings. The van der Waals surface area contributed by atoms with Crippen LogP contribution in [-0.2, 0) is 0 Å². The fourth-order valence-electron chi connectivity index (χ4n) is 2.18. The molecule has 1 aliphatic carbocycles. The second-order valence-electron chi connectivity index (χ2n) is 5.57. The summed E-state index contributed by atoms with van der Waals surface area (Å²) < 4.78 is 5.11. The van der Waals surface area contributed by atoms with Crippen LogP contribution in [-0.4, -0.2) is 19.6 Å². The summed E-state index contributed by atoms with van der Waals surface area (Å²) in [7, 11) is 1.65. The number of nitrogens with one attached hydrogen (secondary N) is 1. The van der Waals surface area contributed by atoms with E-state index in [4.69, 9.17) is 10.5 Å². The minimum atomic E-state index is 0. The highest BCUT2D eigenvalue weighted by atomic mass is 127. The van der Waals surface area contributed by atoms with Crippen LogP contribution in [0, 0.1) is 11.3 Å². The predicted octanol–water partition coefficient (Wildman–Crippen LogP) is 3.48. The van der Waals surface area contributed by atoms with E-state index in [0.29, 0.717) is 17.3 Å². The average Bonchev–Trinajstić information content (AvgIpc) is 3.18. The Hall–Kier alpha value is -0.980. The fourth-order valence-corrected chi connectivity index (χ4v) is 2.18. The van der Waals surface area contributed by atoms with Gasteiger partial charge in [0.05, 0.1) is 7.11 Å². The normalized spacial score (nSPS) is 16.5. The highest BCUT2D eigenvalue weighted by Gasteiger charge is 2.45. The molecule has 112 valence electrons. The Kier molecular flexibility index (Phi) is 6.10. The highest BCUT2D eigenvalue weighted by Crippen LogP contribution is 2.51. The SMILES string of the molecule is COc1ccc(NC(N)=NCC2(C(C)C)CC2)cc1.I. The van der Waals surface area contributed by atoms with E-state index in [1.54, 1.807) is 7.11 Å². The van der Waals surface area contributed by atoms with Gasteiger partial charge in [0, 0.05) is 12.2 Å². The van der Waals surface area contributed by atoms with Crippen molar-refractivity contribution in [2.45, 2.75) is 26.7 Å². The molecular weight excluding hydrogens is 365 g/mol. The summed E-state index contributed by atoms with van der Waals surface area (Å²) in [6.07, 6.45) is 2.54. The van der Waals surface area contributed by atoms with Crippen molar-refractivity contribution in [1.29, 1.82) is 0 Å². The zero-order valence-electron chi connectivity index (χ0n) is 12.3. The molecule has 0 atom stereocenters. The van der Waals surface area contributed by atoms with Crippen LogP contribution >= 0.6 is 24.0 Å². The summed E-state index contributed by atoms with van der Waals surface area (Å²) in [5, 5.41) is 3.10. The molecule has 0 amide bonds. The Morgan fingerprint density at radius 1 is 1.35 bits per heavy atom. The number of halogens is 1. The van der Waals surface area contributed by atoms with Crippen molar-refractivity contribution in [2.24, 2.45) is 22.1 Å². The number of nitrogens with two attached hydrogens (primary N) is 1. The summed E-state index contributed by atoms with van der Waals surface area (Å²) in [5.41, 5.74) is 7.24. The van der Waals surface area contributed by atoms with Crippen LogP contribution in [0.3, 0.4) is 0 Å². The second kappa shape index (κ2) is 7.15. The lowest BCUT2D eigenvalue weighted by Gasteiger charge is -2.17. The summed E-state index contributed by atoms with van der Waals surface area (Å²) in [6, 6.07) is 7.64. The molecule has 1 aromatic rings. The minimum absolute atomic E-state index is 0. The maximum Gasteiger partial charge on any atom is 0.193 e. The van der Waals surface area contributed by atoms with Crippen LogP contribution in [0.25, 0.3) is 0 Å². The van der Waals surface area contributed by atoms with E-state index >= 15 is 0 Å². The van der Waals surface area contributed by atoms with Gasteiger partial charge in [-0.15, -0.1) is 24.0 Å². The average molecular weight is 389 g/mol. The lowest BCUT2D eigenvalue weighted by Crippen LogP contribution is -2.25. The van der Waals surface area contributed by atoms with Crippen LogP contribution < -0.4 is 15.8 Å². The number of hydrogen-bond donors (Lipinski definition) is 2. The number of ether oxygens (including phenoxy) is 1. The van der Waals surface area contributed by atoms with E-state index in [0.717, 1.165) is 18.0 Å². The number of benzene rings is 1. The summed E-state index contributed by atoms with van der Waals surface area (Å²) >= 11 is 0. The molecule has 0 unspecified atom stereocenters. The zero-order chi connectivity index (χ0) is 13.9. The molecule has 3 N–H and O–H groups in total. The van der Waals surface area contributed by atoms with Gasteiger partial charge in [-0.1, -0.05) is 13.8 Å². The molecule has 0 saturated heterocycles. The lowest BCUT2D eigenvalue weighted by atomic mass is 9.93. The second-order valence-corrected chi connectivity index (χ2v) is 5.57. The number of aliphatic imine (C=N–C) groups is 1. The van der Waals surface area contributed by atoms with Crippen molar-refractivity contribution in [3.05, 3.63) is 24.3 Å². The highest BCUT2D eigenvalue weighted by molar-refractivity contribution is 14.0. The molecule has 0 bridgehead atoms. The molecule has 0 aromatic heterocycles. The molecule has 5 heteroatoms. The van der Waals surface area contributed by atoms with Gasteiger partial charge in [0.25, 0.3) is 0 Å². The van der Waals surface area contributed by atoms with Gasteiger partial charge in [-0.05, 0) is 48.4 Å². The first-order valence-corrected chi connectivity index (χ1v) is 6.77. The Labute approximate surface area is 138 Å². The van der Waals surface area contributed by atoms with Crippen molar-refractivity contribution in [3.8, 4) is 5.75 Å². The van der Waals surface area contributed by atoms with Gasteiger partial charge >= 0.3 is 0 Å². The van der Waals surface area contributed by atoms with Gasteiger partial charge in [0.15, 0.2) is 5.96 Å². The first-order valence-electron chi connectivity index (χ1n) is 6.77. The fraction of sp³-hybridized carbons (Fsp3) is 0.533. The van der Waals surface area contributed by atoms with Crippen LogP contribution in [0.15, 0.2) is 29.3 Å². The quantitative estimate of drug-likeness (QED) is 0.461. The number of methoxy groups -OCH3 is 1. The number of guanidine groups is 1. The van der Waals surface area contributed by atoms with E-state index in [2.05, 4.69) is 24.2 Å². The monoisotopic (exact) mass is 389 g/mol. The summed E-state index contributed by atoms with van der Waals surface area (Å²) in [5.74, 6) is 1.99. The standard InChI is InChI=1S/C15H23N3O.HI/c1-11(2)15(8-9-15)10-17-14(16)18-12-4-6-13(19-3)7-5-12;/h4-7,11H,8-10H2,1-3H3,(H3,16,17,18);1H. The van der Waals surface area contributed by atoms with Crippen molar-refractivity contribution in [2.75, 3.05) is 19.0 Å². The van der Waals surface area contributed by atoms with E-state index < -0.39 is 0 Å². The van der Waals surface area contributed by atoms with E-state index in [1.165, 1.54) is 12.8 Å². The maximum atomic E-state index is 5.92. The third-order valence-corrected chi connectivity index (χ3v) is 4.04. The molecule has 2 rings (SSSR count). The van der Waals surface area contributed by atoms with Crippen molar-refractivity contribution in [3.63, 3.8) is 0 Å². The molecule has 0 heterocycles. The maximum absolute atomic E-state index is 5.92. The van der Waals surface area contributed by atoms with Crippen LogP contribution in [0.5, 0.6) is 5.75 Å². The summed E-state index contributed by atoms with van der Waals surface area (Å²) in [4.78, 5) is 4.47. The van der Waals surface area contributed by atoms with Gasteiger partial charge in [-0.25, -0.2) is 0 Å². The molecule has 0 aliphatic heterocycles. The van der Waals surface area contributed by atoms with Crippen molar-refractivity contribution >= 4 is 35.6 Å². The number of anilines is 1. The number of hydrogen-bond acceptors (Lipinski definition) is 2. The van der Waals surface area contributed by atoms with E-state index in [1.807, 2.05) is 24.3 Å². The van der Waals surface area contributed by atoms with Crippen molar-refractivity contribution in [1.82, 2.24) is 0 Å². The predicted molar refractivity (Wildman–Crippen MR) is 95.0 cm³/mol. The topological polar surface area (TPSA) is 59.6 Å². The number of rotatable bonds is 5. The van der Waals surface area contributed by atoms with Crippen molar-refractivity contribution < 1.29 is 4.74 Å². The molecule has 20 heavy (non-hydrogen) atoms. The Morgan fingerprint density at radius 2 is 1.95 bits per heavy atom. The molecule has 0 spiro atoms. The largest absolute Gasteiger partial charge is 0.497 e. The molecule has 1 saturated carbocycles. The Morgan fingerprint density at radius 3 is 2.40 bits per heavy atom. The van der Waals surface area contributed by atoms with E-state index in [-0.39, 0.29) is 24.0 Å². The smallest absolute Gasteiger partial charge is 0.193 e.